The molecule has 7 nitrogen and oxygen atoms in total. The minimum Gasteiger partial charge on any atom is -0.497 e. The predicted molar refractivity (Wildman–Crippen MR) is 111 cm³/mol. The van der Waals surface area contributed by atoms with Crippen LogP contribution < -0.4 is 14.5 Å². The summed E-state index contributed by atoms with van der Waals surface area (Å²) in [7, 11) is 1.64. The van der Waals surface area contributed by atoms with Gasteiger partial charge in [-0.3, -0.25) is 9.59 Å². The molecule has 0 unspecified atom stereocenters. The summed E-state index contributed by atoms with van der Waals surface area (Å²) in [5.41, 5.74) is 1.93. The molecule has 2 amide bonds. The maximum absolute atomic E-state index is 12.8. The molecule has 2 aromatic rings. The van der Waals surface area contributed by atoms with E-state index in [2.05, 4.69) is 11.0 Å². The summed E-state index contributed by atoms with van der Waals surface area (Å²) in [5.74, 6) is 0.421. The van der Waals surface area contributed by atoms with Crippen molar-refractivity contribution in [1.82, 2.24) is 4.90 Å². The van der Waals surface area contributed by atoms with E-state index in [1.165, 1.54) is 11.8 Å². The number of amides is 2. The molecule has 0 bridgehead atoms. The third-order valence-electron chi connectivity index (χ3n) is 5.06. The summed E-state index contributed by atoms with van der Waals surface area (Å²) >= 11 is 0. The number of piperazine rings is 1. The topological polar surface area (TPSA) is 76.9 Å². The van der Waals surface area contributed by atoms with E-state index >= 15 is 0 Å². The summed E-state index contributed by atoms with van der Waals surface area (Å²) in [6.07, 6.45) is 0. The van der Waals surface area contributed by atoms with Crippen LogP contribution in [0.3, 0.4) is 0 Å². The smallest absolute Gasteiger partial charge is 0.242 e. The molecule has 1 heterocycles. The van der Waals surface area contributed by atoms with E-state index < -0.39 is 0 Å². The van der Waals surface area contributed by atoms with Gasteiger partial charge in [-0.2, -0.15) is 5.26 Å². The molecule has 0 aliphatic carbocycles. The fourth-order valence-electron chi connectivity index (χ4n) is 3.41. The number of hydrogen-bond acceptors (Lipinski definition) is 5. The number of carbonyl (C=O) groups excluding carboxylic acids is 2. The first-order valence-electron chi connectivity index (χ1n) is 9.47. The number of hydrogen-bond donors (Lipinski definition) is 0. The molecule has 0 aromatic heterocycles. The first-order chi connectivity index (χ1) is 14.0. The van der Waals surface area contributed by atoms with Gasteiger partial charge in [-0.1, -0.05) is 12.1 Å². The van der Waals surface area contributed by atoms with E-state index in [1.807, 2.05) is 24.3 Å². The van der Waals surface area contributed by atoms with E-state index in [-0.39, 0.29) is 18.4 Å². The average molecular weight is 392 g/mol. The van der Waals surface area contributed by atoms with Crippen LogP contribution in [0.25, 0.3) is 0 Å². The van der Waals surface area contributed by atoms with E-state index in [0.29, 0.717) is 37.4 Å². The summed E-state index contributed by atoms with van der Waals surface area (Å²) < 4.78 is 5.19. The largest absolute Gasteiger partial charge is 0.497 e. The Morgan fingerprint density at radius 3 is 2.31 bits per heavy atom. The van der Waals surface area contributed by atoms with Gasteiger partial charge in [0.15, 0.2) is 0 Å². The average Bonchev–Trinajstić information content (AvgIpc) is 2.77. The molecule has 0 saturated carbocycles. The van der Waals surface area contributed by atoms with Gasteiger partial charge in [-0.25, -0.2) is 0 Å². The van der Waals surface area contributed by atoms with Crippen LogP contribution in [0.15, 0.2) is 48.5 Å². The van der Waals surface area contributed by atoms with Gasteiger partial charge < -0.3 is 19.4 Å². The zero-order valence-electron chi connectivity index (χ0n) is 16.7. The van der Waals surface area contributed by atoms with Gasteiger partial charge in [0.05, 0.1) is 18.4 Å². The molecule has 1 aliphatic rings. The van der Waals surface area contributed by atoms with E-state index in [9.17, 15) is 14.9 Å². The minimum atomic E-state index is -0.266. The zero-order chi connectivity index (χ0) is 20.8. The highest BCUT2D eigenvalue weighted by Crippen LogP contribution is 2.22. The number of rotatable bonds is 5. The quantitative estimate of drug-likeness (QED) is 0.780. The molecular weight excluding hydrogens is 368 g/mol. The van der Waals surface area contributed by atoms with Crippen molar-refractivity contribution in [2.75, 3.05) is 49.6 Å². The number of methoxy groups -OCH3 is 1. The van der Waals surface area contributed by atoms with Gasteiger partial charge in [-0.05, 0) is 36.4 Å². The molecule has 0 radical (unpaired) electrons. The molecule has 0 N–H and O–H groups in total. The third-order valence-corrected chi connectivity index (χ3v) is 5.06. The molecule has 1 aliphatic heterocycles. The maximum Gasteiger partial charge on any atom is 0.242 e. The van der Waals surface area contributed by atoms with Gasteiger partial charge >= 0.3 is 0 Å². The number of carbonyl (C=O) groups is 2. The Morgan fingerprint density at radius 2 is 1.72 bits per heavy atom. The highest BCUT2D eigenvalue weighted by atomic mass is 16.5. The van der Waals surface area contributed by atoms with Gasteiger partial charge in [0.2, 0.25) is 11.8 Å². The maximum atomic E-state index is 12.8. The predicted octanol–water partition coefficient (Wildman–Crippen LogP) is 2.27. The number of nitrogens with zero attached hydrogens (tertiary/aromatic N) is 4. The lowest BCUT2D eigenvalue weighted by molar-refractivity contribution is -0.131. The standard InChI is InChI=1S/C22H24N4O3/c1-17(27)26(21-6-4-3-5-18(21)15-23)16-22(28)25-13-11-24(12-14-25)19-7-9-20(29-2)10-8-19/h3-10H,11-14,16H2,1-2H3. The van der Waals surface area contributed by atoms with E-state index in [0.717, 1.165) is 11.4 Å². The molecule has 29 heavy (non-hydrogen) atoms. The van der Waals surface area contributed by atoms with Crippen LogP contribution in [-0.2, 0) is 9.59 Å². The van der Waals surface area contributed by atoms with Crippen molar-refractivity contribution in [1.29, 1.82) is 5.26 Å². The Hall–Kier alpha value is -3.53. The molecule has 1 saturated heterocycles. The fourth-order valence-corrected chi connectivity index (χ4v) is 3.41. The fraction of sp³-hybridized carbons (Fsp3) is 0.318. The van der Waals surface area contributed by atoms with Gasteiger partial charge in [0, 0.05) is 38.8 Å². The van der Waals surface area contributed by atoms with Crippen molar-refractivity contribution < 1.29 is 14.3 Å². The number of nitriles is 1. The normalized spacial score (nSPS) is 13.6. The molecule has 1 fully saturated rings. The molecule has 150 valence electrons. The Labute approximate surface area is 170 Å². The first-order valence-corrected chi connectivity index (χ1v) is 9.47. The minimum absolute atomic E-state index is 0.0729. The lowest BCUT2D eigenvalue weighted by Crippen LogP contribution is -2.52. The second-order valence-corrected chi connectivity index (χ2v) is 6.80. The van der Waals surface area contributed by atoms with Crippen LogP contribution in [0.4, 0.5) is 11.4 Å². The third kappa shape index (κ3) is 4.66. The molecule has 3 rings (SSSR count). The summed E-state index contributed by atoms with van der Waals surface area (Å²) in [6, 6.07) is 16.8. The van der Waals surface area contributed by atoms with E-state index in [1.54, 1.807) is 36.3 Å². The Bertz CT molecular complexity index is 912. The van der Waals surface area contributed by atoms with Crippen molar-refractivity contribution in [3.05, 3.63) is 54.1 Å². The van der Waals surface area contributed by atoms with Gasteiger partial charge in [0.25, 0.3) is 0 Å². The van der Waals surface area contributed by atoms with Crippen molar-refractivity contribution in [2.24, 2.45) is 0 Å². The molecular formula is C22H24N4O3. The van der Waals surface area contributed by atoms with Crippen molar-refractivity contribution in [2.45, 2.75) is 6.92 Å². The number of ether oxygens (including phenoxy) is 1. The SMILES string of the molecule is COc1ccc(N2CCN(C(=O)CN(C(C)=O)c3ccccc3C#N)CC2)cc1. The molecule has 0 atom stereocenters. The highest BCUT2D eigenvalue weighted by molar-refractivity contribution is 5.98. The van der Waals surface area contributed by atoms with Crippen LogP contribution in [0.2, 0.25) is 0 Å². The number of anilines is 2. The number of para-hydroxylation sites is 1. The van der Waals surface area contributed by atoms with Crippen LogP contribution in [0, 0.1) is 11.3 Å². The Balaban J connectivity index is 1.63. The highest BCUT2D eigenvalue weighted by Gasteiger charge is 2.25. The van der Waals surface area contributed by atoms with E-state index in [4.69, 9.17) is 4.74 Å². The molecule has 2 aromatic carbocycles. The number of benzene rings is 2. The van der Waals surface area contributed by atoms with Crippen molar-refractivity contribution in [3.63, 3.8) is 0 Å². The molecule has 7 heteroatoms. The van der Waals surface area contributed by atoms with Crippen molar-refractivity contribution >= 4 is 23.2 Å². The monoisotopic (exact) mass is 392 g/mol. The van der Waals surface area contributed by atoms with Crippen LogP contribution >= 0.6 is 0 Å². The summed E-state index contributed by atoms with van der Waals surface area (Å²) in [4.78, 5) is 30.3. The lowest BCUT2D eigenvalue weighted by Gasteiger charge is -2.37. The lowest BCUT2D eigenvalue weighted by atomic mass is 10.1. The zero-order valence-corrected chi connectivity index (χ0v) is 16.7. The second kappa shape index (κ2) is 9.11. The van der Waals surface area contributed by atoms with Crippen molar-refractivity contribution in [3.8, 4) is 11.8 Å². The first kappa shape index (κ1) is 20.2. The Morgan fingerprint density at radius 1 is 1.07 bits per heavy atom. The van der Waals surface area contributed by atoms with Crippen LogP contribution in [0.1, 0.15) is 12.5 Å². The summed E-state index contributed by atoms with van der Waals surface area (Å²) in [6.45, 7) is 3.92. The molecule has 0 spiro atoms. The van der Waals surface area contributed by atoms with Crippen LogP contribution in [-0.4, -0.2) is 56.5 Å². The Kier molecular flexibility index (Phi) is 6.35. The van der Waals surface area contributed by atoms with Gasteiger partial charge in [0.1, 0.15) is 18.4 Å². The van der Waals surface area contributed by atoms with Crippen LogP contribution in [0.5, 0.6) is 5.75 Å². The van der Waals surface area contributed by atoms with Gasteiger partial charge in [-0.15, -0.1) is 0 Å². The summed E-state index contributed by atoms with van der Waals surface area (Å²) in [5, 5.41) is 9.31. The second-order valence-electron chi connectivity index (χ2n) is 6.80.